The second-order valence-electron chi connectivity index (χ2n) is 7.43. The molecule has 1 amide bonds. The van der Waals surface area contributed by atoms with Crippen molar-refractivity contribution in [2.75, 3.05) is 38.7 Å². The molecule has 0 aliphatic carbocycles. The molecule has 3 rings (SSSR count). The van der Waals surface area contributed by atoms with Crippen molar-refractivity contribution in [1.82, 2.24) is 4.90 Å². The number of hydrogen-bond donors (Lipinski definition) is 2. The zero-order chi connectivity index (χ0) is 21.3. The van der Waals surface area contributed by atoms with Gasteiger partial charge in [-0.05, 0) is 55.8 Å². The van der Waals surface area contributed by atoms with Crippen molar-refractivity contribution in [3.05, 3.63) is 60.2 Å². The van der Waals surface area contributed by atoms with Gasteiger partial charge in [-0.3, -0.25) is 9.69 Å². The van der Waals surface area contributed by atoms with Crippen LogP contribution in [0.3, 0.4) is 0 Å². The number of aliphatic hydroxyl groups excluding tert-OH is 1. The zero-order valence-electron chi connectivity index (χ0n) is 17.1. The maximum atomic E-state index is 12.5. The van der Waals surface area contributed by atoms with E-state index in [0.717, 1.165) is 25.1 Å². The van der Waals surface area contributed by atoms with E-state index in [4.69, 9.17) is 4.74 Å². The van der Waals surface area contributed by atoms with Crippen molar-refractivity contribution in [3.8, 4) is 5.75 Å². The highest BCUT2D eigenvalue weighted by Gasteiger charge is 2.27. The minimum Gasteiger partial charge on any atom is -0.491 e. The summed E-state index contributed by atoms with van der Waals surface area (Å²) >= 11 is 0. The Labute approximate surface area is 176 Å². The summed E-state index contributed by atoms with van der Waals surface area (Å²) in [7, 11) is 1.33. The number of carbonyl (C=O) groups is 2. The highest BCUT2D eigenvalue weighted by molar-refractivity contribution is 5.92. The summed E-state index contributed by atoms with van der Waals surface area (Å²) in [6, 6.07) is 16.0. The molecule has 0 spiro atoms. The molecular weight excluding hydrogens is 384 g/mol. The van der Waals surface area contributed by atoms with E-state index < -0.39 is 12.1 Å². The van der Waals surface area contributed by atoms with E-state index in [0.29, 0.717) is 24.4 Å². The van der Waals surface area contributed by atoms with Gasteiger partial charge in [0.2, 0.25) is 5.91 Å². The molecule has 160 valence electrons. The Balaban J connectivity index is 1.44. The Hall–Kier alpha value is -2.90. The molecule has 7 nitrogen and oxygen atoms in total. The predicted molar refractivity (Wildman–Crippen MR) is 114 cm³/mol. The maximum Gasteiger partial charge on any atom is 0.337 e. The molecule has 1 fully saturated rings. The first kappa shape index (κ1) is 21.8. The van der Waals surface area contributed by atoms with Crippen LogP contribution in [0.25, 0.3) is 0 Å². The maximum absolute atomic E-state index is 12.5. The number of hydrogen-bond acceptors (Lipinski definition) is 6. The van der Waals surface area contributed by atoms with Crippen molar-refractivity contribution in [1.29, 1.82) is 0 Å². The van der Waals surface area contributed by atoms with Crippen LogP contribution in [0.2, 0.25) is 0 Å². The number of rotatable bonds is 8. The Morgan fingerprint density at radius 1 is 1.17 bits per heavy atom. The lowest BCUT2D eigenvalue weighted by Crippen LogP contribution is -2.44. The molecule has 1 saturated heterocycles. The Bertz CT molecular complexity index is 825. The minimum absolute atomic E-state index is 0.0161. The molecule has 1 heterocycles. The van der Waals surface area contributed by atoms with Gasteiger partial charge in [-0.1, -0.05) is 18.2 Å². The van der Waals surface area contributed by atoms with Crippen LogP contribution < -0.4 is 10.1 Å². The van der Waals surface area contributed by atoms with Gasteiger partial charge in [-0.15, -0.1) is 0 Å². The summed E-state index contributed by atoms with van der Waals surface area (Å²) in [5, 5.41) is 13.3. The quantitative estimate of drug-likeness (QED) is 0.648. The number of benzene rings is 2. The first-order valence-electron chi connectivity index (χ1n) is 10.1. The molecular formula is C23H28N2O5. The number of aliphatic hydroxyl groups is 1. The van der Waals surface area contributed by atoms with Crippen molar-refractivity contribution in [2.24, 2.45) is 5.92 Å². The molecule has 0 bridgehead atoms. The first-order chi connectivity index (χ1) is 14.5. The number of ether oxygens (including phenoxy) is 2. The average molecular weight is 412 g/mol. The van der Waals surface area contributed by atoms with Crippen LogP contribution in [-0.2, 0) is 9.53 Å². The molecule has 2 N–H and O–H groups in total. The first-order valence-corrected chi connectivity index (χ1v) is 10.1. The predicted octanol–water partition coefficient (Wildman–Crippen LogP) is 2.56. The number of piperidine rings is 1. The SMILES string of the molecule is COC(=O)c1ccc(OC[C@@H](O)CN2CCC[C@H](C(=O)Nc3ccccc3)C2)cc1. The van der Waals surface area contributed by atoms with Crippen molar-refractivity contribution >= 4 is 17.6 Å². The fourth-order valence-electron chi connectivity index (χ4n) is 3.55. The van der Waals surface area contributed by atoms with Crippen LogP contribution in [0.4, 0.5) is 5.69 Å². The van der Waals surface area contributed by atoms with E-state index in [-0.39, 0.29) is 18.4 Å². The van der Waals surface area contributed by atoms with Gasteiger partial charge in [0.1, 0.15) is 18.5 Å². The number of carbonyl (C=O) groups excluding carboxylic acids is 2. The van der Waals surface area contributed by atoms with Gasteiger partial charge in [0.15, 0.2) is 0 Å². The Morgan fingerprint density at radius 3 is 2.60 bits per heavy atom. The summed E-state index contributed by atoms with van der Waals surface area (Å²) in [5.74, 6) is 0.0817. The molecule has 0 saturated carbocycles. The number of likely N-dealkylation sites (tertiary alicyclic amines) is 1. The third-order valence-electron chi connectivity index (χ3n) is 5.10. The number of β-amino-alcohol motifs (C(OH)–C–C–N with tert-alkyl or cyclic N) is 1. The molecule has 2 aromatic rings. The number of para-hydroxylation sites is 1. The highest BCUT2D eigenvalue weighted by atomic mass is 16.5. The van der Waals surface area contributed by atoms with E-state index in [9.17, 15) is 14.7 Å². The number of methoxy groups -OCH3 is 1. The average Bonchev–Trinajstić information content (AvgIpc) is 2.78. The van der Waals surface area contributed by atoms with Crippen LogP contribution in [0.1, 0.15) is 23.2 Å². The van der Waals surface area contributed by atoms with Crippen molar-refractivity contribution < 1.29 is 24.2 Å². The molecule has 2 aromatic carbocycles. The lowest BCUT2D eigenvalue weighted by Gasteiger charge is -2.33. The largest absolute Gasteiger partial charge is 0.491 e. The zero-order valence-corrected chi connectivity index (χ0v) is 17.1. The van der Waals surface area contributed by atoms with Gasteiger partial charge < -0.3 is 19.9 Å². The summed E-state index contributed by atoms with van der Waals surface area (Å²) in [6.45, 7) is 2.04. The lowest BCUT2D eigenvalue weighted by molar-refractivity contribution is -0.121. The normalized spacial score (nSPS) is 17.7. The number of amides is 1. The van der Waals surface area contributed by atoms with Crippen molar-refractivity contribution in [2.45, 2.75) is 18.9 Å². The van der Waals surface area contributed by atoms with E-state index >= 15 is 0 Å². The second-order valence-corrected chi connectivity index (χ2v) is 7.43. The van der Waals surface area contributed by atoms with Crippen LogP contribution in [0.5, 0.6) is 5.75 Å². The summed E-state index contributed by atoms with van der Waals surface area (Å²) in [5.41, 5.74) is 1.24. The van der Waals surface area contributed by atoms with Crippen LogP contribution in [-0.4, -0.2) is 61.3 Å². The Morgan fingerprint density at radius 2 is 1.90 bits per heavy atom. The van der Waals surface area contributed by atoms with Gasteiger partial charge in [0.05, 0.1) is 18.6 Å². The van der Waals surface area contributed by atoms with Gasteiger partial charge in [0.25, 0.3) is 0 Å². The minimum atomic E-state index is -0.679. The molecule has 1 aliphatic rings. The standard InChI is InChI=1S/C23H28N2O5/c1-29-23(28)17-9-11-21(12-10-17)30-16-20(26)15-25-13-5-6-18(14-25)22(27)24-19-7-3-2-4-8-19/h2-4,7-12,18,20,26H,5-6,13-16H2,1H3,(H,24,27)/t18-,20-/m0/s1. The van der Waals surface area contributed by atoms with Crippen LogP contribution in [0.15, 0.2) is 54.6 Å². The summed E-state index contributed by atoms with van der Waals surface area (Å²) in [4.78, 5) is 26.1. The third-order valence-corrected chi connectivity index (χ3v) is 5.10. The number of nitrogens with zero attached hydrogens (tertiary/aromatic N) is 1. The fraction of sp³-hybridized carbons (Fsp3) is 0.391. The third kappa shape index (κ3) is 6.30. The molecule has 0 unspecified atom stereocenters. The molecule has 30 heavy (non-hydrogen) atoms. The van der Waals surface area contributed by atoms with Crippen molar-refractivity contribution in [3.63, 3.8) is 0 Å². The molecule has 0 aromatic heterocycles. The van der Waals surface area contributed by atoms with Gasteiger partial charge in [-0.25, -0.2) is 4.79 Å². The second kappa shape index (κ2) is 10.8. The summed E-state index contributed by atoms with van der Waals surface area (Å²) < 4.78 is 10.3. The van der Waals surface area contributed by atoms with Crippen LogP contribution in [0, 0.1) is 5.92 Å². The number of esters is 1. The summed E-state index contributed by atoms with van der Waals surface area (Å²) in [6.07, 6.45) is 1.07. The molecule has 0 radical (unpaired) electrons. The number of nitrogens with one attached hydrogen (secondary N) is 1. The Kier molecular flexibility index (Phi) is 7.82. The van der Waals surface area contributed by atoms with Gasteiger partial charge >= 0.3 is 5.97 Å². The smallest absolute Gasteiger partial charge is 0.337 e. The monoisotopic (exact) mass is 412 g/mol. The topological polar surface area (TPSA) is 88.1 Å². The number of anilines is 1. The van der Waals surface area contributed by atoms with Crippen LogP contribution >= 0.6 is 0 Å². The molecule has 2 atom stereocenters. The van der Waals surface area contributed by atoms with E-state index in [1.807, 2.05) is 30.3 Å². The van der Waals surface area contributed by atoms with E-state index in [2.05, 4.69) is 15.0 Å². The van der Waals surface area contributed by atoms with E-state index in [1.165, 1.54) is 7.11 Å². The lowest BCUT2D eigenvalue weighted by atomic mass is 9.96. The highest BCUT2D eigenvalue weighted by Crippen LogP contribution is 2.19. The fourth-order valence-corrected chi connectivity index (χ4v) is 3.55. The van der Waals surface area contributed by atoms with Gasteiger partial charge in [-0.2, -0.15) is 0 Å². The van der Waals surface area contributed by atoms with Gasteiger partial charge in [0, 0.05) is 18.8 Å². The molecule has 1 aliphatic heterocycles. The molecule has 7 heteroatoms. The van der Waals surface area contributed by atoms with E-state index in [1.54, 1.807) is 24.3 Å².